The van der Waals surface area contributed by atoms with Gasteiger partial charge >= 0.3 is 0 Å². The highest BCUT2D eigenvalue weighted by atomic mass is 16.7. The summed E-state index contributed by atoms with van der Waals surface area (Å²) in [7, 11) is 0. The molecule has 2 aromatic carbocycles. The van der Waals surface area contributed by atoms with Gasteiger partial charge in [0.15, 0.2) is 16.8 Å². The van der Waals surface area contributed by atoms with Gasteiger partial charge in [-0.1, -0.05) is 0 Å². The number of fused-ring (bicyclic) bond motifs is 1. The molecule has 2 aliphatic rings. The monoisotopic (exact) mass is 596 g/mol. The van der Waals surface area contributed by atoms with Gasteiger partial charge in [0.1, 0.15) is 59.6 Å². The Labute approximate surface area is 235 Å². The van der Waals surface area contributed by atoms with Crippen LogP contribution < -0.4 is 14.9 Å². The third-order valence-corrected chi connectivity index (χ3v) is 6.96. The summed E-state index contributed by atoms with van der Waals surface area (Å²) in [4.78, 5) is 13.3. The summed E-state index contributed by atoms with van der Waals surface area (Å²) < 4.78 is 27.3. The van der Waals surface area contributed by atoms with Gasteiger partial charge in [-0.15, -0.1) is 0 Å². The zero-order valence-corrected chi connectivity index (χ0v) is 21.4. The lowest BCUT2D eigenvalue weighted by molar-refractivity contribution is -0.277. The lowest BCUT2D eigenvalue weighted by Crippen LogP contribution is -2.60. The largest absolute Gasteiger partial charge is 0.508 e. The van der Waals surface area contributed by atoms with E-state index in [-0.39, 0.29) is 17.1 Å². The van der Waals surface area contributed by atoms with Gasteiger partial charge < -0.3 is 74.4 Å². The van der Waals surface area contributed by atoms with Crippen molar-refractivity contribution in [2.24, 2.45) is 0 Å². The Morgan fingerprint density at radius 1 is 0.786 bits per heavy atom. The summed E-state index contributed by atoms with van der Waals surface area (Å²) in [5, 5.41) is 102. The molecule has 228 valence electrons. The van der Waals surface area contributed by atoms with Crippen LogP contribution in [-0.2, 0) is 9.47 Å². The quantitative estimate of drug-likeness (QED) is 0.142. The second-order valence-electron chi connectivity index (χ2n) is 9.76. The van der Waals surface area contributed by atoms with Crippen LogP contribution in [0.25, 0.3) is 22.3 Å². The maximum atomic E-state index is 13.3. The molecule has 5 rings (SSSR count). The summed E-state index contributed by atoms with van der Waals surface area (Å²) in [5.74, 6) is -4.00. The van der Waals surface area contributed by atoms with Crippen LogP contribution in [-0.4, -0.2) is 120 Å². The molecule has 3 heterocycles. The van der Waals surface area contributed by atoms with E-state index in [1.54, 1.807) is 0 Å². The van der Waals surface area contributed by atoms with Crippen LogP contribution in [0.1, 0.15) is 0 Å². The topological polar surface area (TPSA) is 269 Å². The van der Waals surface area contributed by atoms with Crippen molar-refractivity contribution in [3.63, 3.8) is 0 Å². The van der Waals surface area contributed by atoms with Crippen molar-refractivity contribution >= 4 is 11.0 Å². The van der Waals surface area contributed by atoms with Gasteiger partial charge in [-0.2, -0.15) is 0 Å². The molecular weight excluding hydrogens is 568 g/mol. The Kier molecular flexibility index (Phi) is 8.17. The minimum absolute atomic E-state index is 0.0830. The first-order chi connectivity index (χ1) is 19.9. The van der Waals surface area contributed by atoms with E-state index in [0.29, 0.717) is 0 Å². The van der Waals surface area contributed by atoms with E-state index in [4.69, 9.17) is 23.4 Å². The Hall–Kier alpha value is -3.71. The van der Waals surface area contributed by atoms with Gasteiger partial charge in [0, 0.05) is 11.6 Å². The average Bonchev–Trinajstić information content (AvgIpc) is 2.97. The highest BCUT2D eigenvalue weighted by molar-refractivity contribution is 5.95. The highest BCUT2D eigenvalue weighted by Gasteiger charge is 2.46. The van der Waals surface area contributed by atoms with Crippen LogP contribution in [0.2, 0.25) is 0 Å². The van der Waals surface area contributed by atoms with E-state index in [2.05, 4.69) is 0 Å². The second-order valence-corrected chi connectivity index (χ2v) is 9.76. The SMILES string of the molecule is O=c1cc(-c2ccc(O)cc2)oc2c(O[C@H]3OC[C@@H](O)[C@@H](O)[C@@H]3O)c(O)c(O[C@H]3O[C@H](CO)[C@@H](O)[C@H](O)[C@H]3O)c(O)c12. The Morgan fingerprint density at radius 3 is 2.10 bits per heavy atom. The van der Waals surface area contributed by atoms with Crippen molar-refractivity contribution in [3.8, 4) is 40.1 Å². The molecule has 2 fully saturated rings. The highest BCUT2D eigenvalue weighted by Crippen LogP contribution is 2.51. The number of aromatic hydroxyl groups is 3. The summed E-state index contributed by atoms with van der Waals surface area (Å²) in [5.41, 5.74) is -1.20. The zero-order chi connectivity index (χ0) is 30.5. The summed E-state index contributed by atoms with van der Waals surface area (Å²) in [6, 6.07) is 6.40. The van der Waals surface area contributed by atoms with Gasteiger partial charge in [0.25, 0.3) is 0 Å². The number of phenolic OH excluding ortho intramolecular Hbond substituents is 3. The predicted molar refractivity (Wildman–Crippen MR) is 136 cm³/mol. The van der Waals surface area contributed by atoms with Crippen LogP contribution >= 0.6 is 0 Å². The maximum Gasteiger partial charge on any atom is 0.229 e. The maximum absolute atomic E-state index is 13.3. The van der Waals surface area contributed by atoms with Crippen LogP contribution in [0.5, 0.6) is 28.7 Å². The molecule has 16 heteroatoms. The molecule has 2 aliphatic heterocycles. The molecule has 2 saturated heterocycles. The molecule has 16 nitrogen and oxygen atoms in total. The molecule has 3 aromatic rings. The third-order valence-electron chi connectivity index (χ3n) is 6.96. The molecule has 0 saturated carbocycles. The average molecular weight is 596 g/mol. The molecule has 0 spiro atoms. The van der Waals surface area contributed by atoms with Crippen LogP contribution in [0, 0.1) is 0 Å². The van der Waals surface area contributed by atoms with Crippen molar-refractivity contribution < 1.29 is 74.4 Å². The number of benzene rings is 2. The number of aliphatic hydroxyl groups is 7. The van der Waals surface area contributed by atoms with Crippen molar-refractivity contribution in [1.82, 2.24) is 0 Å². The number of ether oxygens (including phenoxy) is 4. The van der Waals surface area contributed by atoms with Gasteiger partial charge in [-0.05, 0) is 24.3 Å². The lowest BCUT2D eigenvalue weighted by Gasteiger charge is -2.39. The molecule has 0 amide bonds. The van der Waals surface area contributed by atoms with Crippen LogP contribution in [0.15, 0.2) is 39.5 Å². The Morgan fingerprint density at radius 2 is 1.43 bits per heavy atom. The smallest absolute Gasteiger partial charge is 0.229 e. The number of rotatable bonds is 6. The second kappa shape index (κ2) is 11.5. The molecule has 1 aromatic heterocycles. The van der Waals surface area contributed by atoms with E-state index >= 15 is 0 Å². The molecule has 9 atom stereocenters. The molecule has 0 radical (unpaired) electrons. The number of hydrogen-bond acceptors (Lipinski definition) is 16. The summed E-state index contributed by atoms with van der Waals surface area (Å²) in [6.45, 7) is -1.32. The minimum atomic E-state index is -1.98. The fraction of sp³-hybridized carbons (Fsp3) is 0.423. The molecule has 0 aliphatic carbocycles. The molecule has 10 N–H and O–H groups in total. The summed E-state index contributed by atoms with van der Waals surface area (Å²) in [6.07, 6.45) is -15.8. The summed E-state index contributed by atoms with van der Waals surface area (Å²) >= 11 is 0. The fourth-order valence-corrected chi connectivity index (χ4v) is 4.58. The zero-order valence-electron chi connectivity index (χ0n) is 21.4. The normalized spacial score (nSPS) is 31.6. The third kappa shape index (κ3) is 5.19. The number of phenols is 3. The van der Waals surface area contributed by atoms with Gasteiger partial charge in [0.2, 0.25) is 29.8 Å². The van der Waals surface area contributed by atoms with Crippen LogP contribution in [0.3, 0.4) is 0 Å². The van der Waals surface area contributed by atoms with E-state index in [1.165, 1.54) is 24.3 Å². The first-order valence-corrected chi connectivity index (χ1v) is 12.6. The van der Waals surface area contributed by atoms with Crippen LogP contribution in [0.4, 0.5) is 0 Å². The molecular formula is C26H28O16. The van der Waals surface area contributed by atoms with Crippen molar-refractivity contribution in [2.45, 2.75) is 55.3 Å². The number of hydrogen-bond donors (Lipinski definition) is 10. The van der Waals surface area contributed by atoms with Crippen molar-refractivity contribution in [2.75, 3.05) is 13.2 Å². The Balaban J connectivity index is 1.66. The van der Waals surface area contributed by atoms with E-state index in [1.807, 2.05) is 0 Å². The van der Waals surface area contributed by atoms with E-state index in [0.717, 1.165) is 6.07 Å². The lowest BCUT2D eigenvalue weighted by atomic mass is 9.99. The van der Waals surface area contributed by atoms with Crippen molar-refractivity contribution in [3.05, 3.63) is 40.6 Å². The minimum Gasteiger partial charge on any atom is -0.508 e. The van der Waals surface area contributed by atoms with Crippen molar-refractivity contribution in [1.29, 1.82) is 0 Å². The number of aliphatic hydroxyl groups excluding tert-OH is 7. The van der Waals surface area contributed by atoms with Gasteiger partial charge in [0.05, 0.1) is 13.2 Å². The molecule has 42 heavy (non-hydrogen) atoms. The first kappa shape index (κ1) is 29.8. The molecule has 0 bridgehead atoms. The fourth-order valence-electron chi connectivity index (χ4n) is 4.58. The van der Waals surface area contributed by atoms with Gasteiger partial charge in [-0.3, -0.25) is 4.79 Å². The van der Waals surface area contributed by atoms with E-state index < -0.39 is 108 Å². The standard InChI is InChI=1S/C26H28O16/c27-6-13-16(32)18(34)20(36)26(40-13)41-23-17(33)14-10(29)5-12(8-1-3-9(28)4-2-8)39-22(14)24(21(23)37)42-25-19(35)15(31)11(30)7-38-25/h1-5,11,13,15-16,18-20,25-28,30-37H,6-7H2/t11-,13-,15-,16-,18+,19+,20-,25-,26-/m1/s1. The first-order valence-electron chi connectivity index (χ1n) is 12.6. The van der Waals surface area contributed by atoms with E-state index in [9.17, 15) is 55.9 Å². The predicted octanol–water partition coefficient (Wildman–Crippen LogP) is -2.43. The van der Waals surface area contributed by atoms with Gasteiger partial charge in [-0.25, -0.2) is 0 Å². The Bertz CT molecular complexity index is 1490. The molecule has 0 unspecified atom stereocenters.